The van der Waals surface area contributed by atoms with Crippen LogP contribution >= 0.6 is 11.6 Å². The van der Waals surface area contributed by atoms with Crippen LogP contribution in [0, 0.1) is 13.8 Å². The molecule has 2 aromatic carbocycles. The number of halogens is 1. The fourth-order valence-corrected chi connectivity index (χ4v) is 3.41. The Bertz CT molecular complexity index is 1370. The largest absolute Gasteiger partial charge is 0.462 e. The summed E-state index contributed by atoms with van der Waals surface area (Å²) < 4.78 is 16.6. The van der Waals surface area contributed by atoms with E-state index in [0.717, 1.165) is 5.56 Å². The molecular formula is C24H21ClN4O5. The molecule has 0 aliphatic rings. The van der Waals surface area contributed by atoms with Gasteiger partial charge in [0.2, 0.25) is 11.6 Å². The molecule has 4 aromatic rings. The van der Waals surface area contributed by atoms with E-state index in [4.69, 9.17) is 25.5 Å². The number of fused-ring (bicyclic) bond motifs is 1. The SMILES string of the molecule is CCOC(=O)c1c(C)oc2ncnc(Oc3ccc(NC(=O)Nc4ccc(C)c(Cl)c4)cc3)c12. The first-order chi connectivity index (χ1) is 16.4. The van der Waals surface area contributed by atoms with Crippen LogP contribution in [-0.2, 0) is 4.74 Å². The van der Waals surface area contributed by atoms with E-state index in [1.54, 1.807) is 50.2 Å². The van der Waals surface area contributed by atoms with E-state index in [0.29, 0.717) is 33.3 Å². The molecular weight excluding hydrogens is 460 g/mol. The van der Waals surface area contributed by atoms with Gasteiger partial charge in [0.15, 0.2) is 0 Å². The lowest BCUT2D eigenvalue weighted by molar-refractivity contribution is 0.0526. The van der Waals surface area contributed by atoms with Crippen molar-refractivity contribution in [2.24, 2.45) is 0 Å². The third kappa shape index (κ3) is 4.94. The summed E-state index contributed by atoms with van der Waals surface area (Å²) in [5.41, 5.74) is 2.48. The van der Waals surface area contributed by atoms with Crippen LogP contribution < -0.4 is 15.4 Å². The maximum Gasteiger partial charge on any atom is 0.342 e. The first kappa shape index (κ1) is 23.1. The highest BCUT2D eigenvalue weighted by Gasteiger charge is 2.24. The van der Waals surface area contributed by atoms with E-state index < -0.39 is 12.0 Å². The van der Waals surface area contributed by atoms with Crippen LogP contribution in [0.1, 0.15) is 28.6 Å². The van der Waals surface area contributed by atoms with Gasteiger partial charge in [-0.05, 0) is 62.7 Å². The van der Waals surface area contributed by atoms with Crippen LogP contribution in [-0.4, -0.2) is 28.6 Å². The molecule has 10 heteroatoms. The first-order valence-electron chi connectivity index (χ1n) is 10.4. The number of benzene rings is 2. The molecule has 0 saturated heterocycles. The minimum Gasteiger partial charge on any atom is -0.462 e. The Kier molecular flexibility index (Phi) is 6.65. The fraction of sp³-hybridized carbons (Fsp3) is 0.167. The highest BCUT2D eigenvalue weighted by Crippen LogP contribution is 2.33. The molecule has 34 heavy (non-hydrogen) atoms. The van der Waals surface area contributed by atoms with E-state index in [2.05, 4.69) is 20.6 Å². The average Bonchev–Trinajstić information content (AvgIpc) is 3.14. The highest BCUT2D eigenvalue weighted by molar-refractivity contribution is 6.31. The Hall–Kier alpha value is -4.11. The number of urea groups is 1. The van der Waals surface area contributed by atoms with Crippen LogP contribution in [0.15, 0.2) is 53.2 Å². The summed E-state index contributed by atoms with van der Waals surface area (Å²) in [6.45, 7) is 5.46. The quantitative estimate of drug-likeness (QED) is 0.320. The number of aryl methyl sites for hydroxylation is 2. The summed E-state index contributed by atoms with van der Waals surface area (Å²) >= 11 is 6.10. The molecule has 0 bridgehead atoms. The van der Waals surface area contributed by atoms with E-state index in [1.165, 1.54) is 6.33 Å². The number of nitrogens with one attached hydrogen (secondary N) is 2. The molecule has 4 rings (SSSR count). The molecule has 0 saturated carbocycles. The van der Waals surface area contributed by atoms with Crippen molar-refractivity contribution < 1.29 is 23.5 Å². The van der Waals surface area contributed by atoms with Gasteiger partial charge < -0.3 is 24.5 Å². The number of ether oxygens (including phenoxy) is 2. The van der Waals surface area contributed by atoms with E-state index in [9.17, 15) is 9.59 Å². The van der Waals surface area contributed by atoms with Crippen molar-refractivity contribution >= 4 is 46.1 Å². The van der Waals surface area contributed by atoms with Gasteiger partial charge in [-0.25, -0.2) is 19.6 Å². The lowest BCUT2D eigenvalue weighted by atomic mass is 10.2. The first-order valence-corrected chi connectivity index (χ1v) is 10.8. The predicted octanol–water partition coefficient (Wildman–Crippen LogP) is 6.11. The van der Waals surface area contributed by atoms with Gasteiger partial charge in [-0.1, -0.05) is 17.7 Å². The molecule has 0 atom stereocenters. The van der Waals surface area contributed by atoms with Crippen LogP contribution in [0.2, 0.25) is 5.02 Å². The lowest BCUT2D eigenvalue weighted by Crippen LogP contribution is -2.19. The molecule has 0 unspecified atom stereocenters. The maximum atomic E-state index is 12.4. The van der Waals surface area contributed by atoms with Gasteiger partial charge in [0.05, 0.1) is 6.61 Å². The number of esters is 1. The van der Waals surface area contributed by atoms with Crippen molar-refractivity contribution in [2.75, 3.05) is 17.2 Å². The number of nitrogens with zero attached hydrogens (tertiary/aromatic N) is 2. The van der Waals surface area contributed by atoms with E-state index in [-0.39, 0.29) is 23.8 Å². The Morgan fingerprint density at radius 2 is 1.74 bits per heavy atom. The average molecular weight is 481 g/mol. The minimum absolute atomic E-state index is 0.152. The second-order valence-electron chi connectivity index (χ2n) is 7.28. The van der Waals surface area contributed by atoms with Gasteiger partial charge in [-0.15, -0.1) is 0 Å². The number of carbonyl (C=O) groups is 2. The molecule has 0 fully saturated rings. The zero-order chi connectivity index (χ0) is 24.2. The second kappa shape index (κ2) is 9.80. The molecule has 2 aromatic heterocycles. The van der Waals surface area contributed by atoms with Crippen molar-refractivity contribution in [3.05, 3.63) is 70.7 Å². The monoisotopic (exact) mass is 480 g/mol. The van der Waals surface area contributed by atoms with Gasteiger partial charge >= 0.3 is 12.0 Å². The van der Waals surface area contributed by atoms with Gasteiger partial charge in [0.1, 0.15) is 28.8 Å². The number of rotatable bonds is 6. The minimum atomic E-state index is -0.543. The summed E-state index contributed by atoms with van der Waals surface area (Å²) in [5.74, 6) is 0.405. The van der Waals surface area contributed by atoms with Gasteiger partial charge in [-0.2, -0.15) is 0 Å². The van der Waals surface area contributed by atoms with Gasteiger partial charge in [0.25, 0.3) is 0 Å². The smallest absolute Gasteiger partial charge is 0.342 e. The third-order valence-electron chi connectivity index (χ3n) is 4.87. The molecule has 0 radical (unpaired) electrons. The summed E-state index contributed by atoms with van der Waals surface area (Å²) in [5, 5.41) is 6.36. The zero-order valence-corrected chi connectivity index (χ0v) is 19.4. The summed E-state index contributed by atoms with van der Waals surface area (Å²) in [4.78, 5) is 32.9. The number of hydrogen-bond donors (Lipinski definition) is 2. The number of furan rings is 1. The van der Waals surface area contributed by atoms with E-state index in [1.807, 2.05) is 13.0 Å². The molecule has 0 aliphatic carbocycles. The standard InChI is InChI=1S/C24H21ClN4O5/c1-4-32-23(30)19-14(3)33-21-20(19)22(27-12-26-21)34-17-9-7-15(8-10-17)28-24(31)29-16-6-5-13(2)18(25)11-16/h5-12H,4H2,1-3H3,(H2,28,29,31). The van der Waals surface area contributed by atoms with Crippen LogP contribution in [0.5, 0.6) is 11.6 Å². The zero-order valence-electron chi connectivity index (χ0n) is 18.6. The second-order valence-corrected chi connectivity index (χ2v) is 7.69. The predicted molar refractivity (Wildman–Crippen MR) is 128 cm³/mol. The van der Waals surface area contributed by atoms with Crippen LogP contribution in [0.25, 0.3) is 11.1 Å². The molecule has 174 valence electrons. The van der Waals surface area contributed by atoms with Gasteiger partial charge in [0, 0.05) is 16.4 Å². The maximum absolute atomic E-state index is 12.4. The molecule has 0 aliphatic heterocycles. The molecule has 2 amide bonds. The van der Waals surface area contributed by atoms with Crippen molar-refractivity contribution in [3.8, 4) is 11.6 Å². The van der Waals surface area contributed by atoms with Crippen molar-refractivity contribution in [3.63, 3.8) is 0 Å². The Labute approximate surface area is 200 Å². The normalized spacial score (nSPS) is 10.7. The topological polar surface area (TPSA) is 116 Å². The highest BCUT2D eigenvalue weighted by atomic mass is 35.5. The third-order valence-corrected chi connectivity index (χ3v) is 5.27. The van der Waals surface area contributed by atoms with Crippen molar-refractivity contribution in [2.45, 2.75) is 20.8 Å². The summed E-state index contributed by atoms with van der Waals surface area (Å²) in [6.07, 6.45) is 1.28. The number of carbonyl (C=O) groups excluding carboxylic acids is 2. The Morgan fingerprint density at radius 3 is 2.44 bits per heavy atom. The Morgan fingerprint density at radius 1 is 1.03 bits per heavy atom. The molecule has 0 spiro atoms. The van der Waals surface area contributed by atoms with Crippen molar-refractivity contribution in [1.82, 2.24) is 9.97 Å². The summed E-state index contributed by atoms with van der Waals surface area (Å²) in [6, 6.07) is 11.5. The van der Waals surface area contributed by atoms with Crippen molar-refractivity contribution in [1.29, 1.82) is 0 Å². The van der Waals surface area contributed by atoms with E-state index >= 15 is 0 Å². The molecule has 9 nitrogen and oxygen atoms in total. The number of aromatic nitrogens is 2. The van der Waals surface area contributed by atoms with Crippen LogP contribution in [0.3, 0.4) is 0 Å². The number of amides is 2. The lowest BCUT2D eigenvalue weighted by Gasteiger charge is -2.10. The van der Waals surface area contributed by atoms with Crippen LogP contribution in [0.4, 0.5) is 16.2 Å². The molecule has 2 N–H and O–H groups in total. The fourth-order valence-electron chi connectivity index (χ4n) is 3.23. The van der Waals surface area contributed by atoms with Gasteiger partial charge in [-0.3, -0.25) is 0 Å². The molecule has 2 heterocycles. The Balaban J connectivity index is 1.49. The number of hydrogen-bond acceptors (Lipinski definition) is 7. The summed E-state index contributed by atoms with van der Waals surface area (Å²) in [7, 11) is 0. The number of anilines is 2.